The Morgan fingerprint density at radius 2 is 1.73 bits per heavy atom. The van der Waals surface area contributed by atoms with Gasteiger partial charge in [-0.05, 0) is 35.7 Å². The van der Waals surface area contributed by atoms with E-state index >= 15 is 0 Å². The molecule has 3 rings (SSSR count). The molecule has 0 bridgehead atoms. The van der Waals surface area contributed by atoms with Gasteiger partial charge in [-0.15, -0.1) is 0 Å². The van der Waals surface area contributed by atoms with Crippen LogP contribution in [0.15, 0.2) is 53.4 Å². The van der Waals surface area contributed by atoms with Crippen LogP contribution in [0, 0.1) is 0 Å². The molecular weight excluding hydrogens is 402 g/mol. The molecule has 1 fully saturated rings. The zero-order valence-corrected chi connectivity index (χ0v) is 18.3. The third kappa shape index (κ3) is 5.59. The van der Waals surface area contributed by atoms with Crippen molar-refractivity contribution in [3.63, 3.8) is 0 Å². The summed E-state index contributed by atoms with van der Waals surface area (Å²) in [5.41, 5.74) is 2.79. The summed E-state index contributed by atoms with van der Waals surface area (Å²) in [5, 5.41) is 2.86. The molecule has 1 N–H and O–H groups in total. The molecule has 0 radical (unpaired) electrons. The van der Waals surface area contributed by atoms with Crippen LogP contribution in [0.1, 0.15) is 17.5 Å². The first-order valence-corrected chi connectivity index (χ1v) is 11.5. The van der Waals surface area contributed by atoms with Crippen molar-refractivity contribution < 1.29 is 17.9 Å². The highest BCUT2D eigenvalue weighted by molar-refractivity contribution is 7.89. The third-order valence-electron chi connectivity index (χ3n) is 5.13. The summed E-state index contributed by atoms with van der Waals surface area (Å²) < 4.78 is 32.7. The fourth-order valence-electron chi connectivity index (χ4n) is 3.33. The summed E-state index contributed by atoms with van der Waals surface area (Å²) in [7, 11) is 0.362. The maximum absolute atomic E-state index is 13.0. The lowest BCUT2D eigenvalue weighted by Crippen LogP contribution is -2.41. The first-order valence-electron chi connectivity index (χ1n) is 10.1. The molecule has 7 nitrogen and oxygen atoms in total. The first-order chi connectivity index (χ1) is 14.4. The predicted octanol–water partition coefficient (Wildman–Crippen LogP) is 2.02. The monoisotopic (exact) mass is 431 g/mol. The molecule has 8 heteroatoms. The Bertz CT molecular complexity index is 953. The minimum atomic E-state index is -3.61. The van der Waals surface area contributed by atoms with E-state index in [0.717, 1.165) is 11.3 Å². The summed E-state index contributed by atoms with van der Waals surface area (Å²) in [6.45, 7) is 1.66. The number of hydrogen-bond acceptors (Lipinski definition) is 5. The summed E-state index contributed by atoms with van der Waals surface area (Å²) in [6, 6.07) is 14.9. The maximum atomic E-state index is 13.0. The Balaban J connectivity index is 1.58. The molecule has 1 aliphatic heterocycles. The van der Waals surface area contributed by atoms with Crippen LogP contribution in [0.4, 0.5) is 5.69 Å². The van der Waals surface area contributed by atoms with E-state index in [1.165, 1.54) is 4.31 Å². The van der Waals surface area contributed by atoms with Crippen LogP contribution in [0.25, 0.3) is 0 Å². The van der Waals surface area contributed by atoms with Crippen molar-refractivity contribution in [2.45, 2.75) is 24.3 Å². The van der Waals surface area contributed by atoms with Crippen LogP contribution >= 0.6 is 0 Å². The van der Waals surface area contributed by atoms with E-state index in [1.54, 1.807) is 24.3 Å². The van der Waals surface area contributed by atoms with Gasteiger partial charge in [0.2, 0.25) is 15.9 Å². The number of sulfonamides is 1. The van der Waals surface area contributed by atoms with Gasteiger partial charge in [0.25, 0.3) is 0 Å². The molecule has 0 spiro atoms. The molecular formula is C22H29N3O4S. The molecule has 162 valence electrons. The molecule has 2 aromatic carbocycles. The van der Waals surface area contributed by atoms with Crippen LogP contribution in [-0.4, -0.2) is 59.0 Å². The summed E-state index contributed by atoms with van der Waals surface area (Å²) in [4.78, 5) is 14.6. The molecule has 1 saturated heterocycles. The quantitative estimate of drug-likeness (QED) is 0.692. The van der Waals surface area contributed by atoms with Gasteiger partial charge in [0.1, 0.15) is 0 Å². The van der Waals surface area contributed by atoms with Gasteiger partial charge < -0.3 is 15.0 Å². The number of carbonyl (C=O) groups excluding carboxylic acids is 1. The van der Waals surface area contributed by atoms with Gasteiger partial charge >= 0.3 is 0 Å². The van der Waals surface area contributed by atoms with Crippen molar-refractivity contribution in [2.75, 3.05) is 45.3 Å². The third-order valence-corrected chi connectivity index (χ3v) is 7.13. The standard InChI is InChI=1S/C22H29N3O4S/c1-24(2)20-10-7-18(8-11-20)9-12-22(26)23-17-19-5-3-4-6-21(19)30(27,28)25-13-15-29-16-14-25/h3-8,10-11H,9,12-17H2,1-2H3,(H,23,26). The second-order valence-electron chi connectivity index (χ2n) is 7.46. The topological polar surface area (TPSA) is 79.0 Å². The highest BCUT2D eigenvalue weighted by Gasteiger charge is 2.28. The average molecular weight is 432 g/mol. The summed E-state index contributed by atoms with van der Waals surface area (Å²) in [6.07, 6.45) is 0.979. The molecule has 1 aliphatic rings. The lowest BCUT2D eigenvalue weighted by atomic mass is 10.1. The van der Waals surface area contributed by atoms with Crippen molar-refractivity contribution in [3.8, 4) is 0 Å². The number of carbonyl (C=O) groups is 1. The van der Waals surface area contributed by atoms with Crippen molar-refractivity contribution in [1.29, 1.82) is 0 Å². The van der Waals surface area contributed by atoms with Crippen LogP contribution in [0.2, 0.25) is 0 Å². The van der Waals surface area contributed by atoms with Gasteiger partial charge in [0.05, 0.1) is 18.1 Å². The van der Waals surface area contributed by atoms with Gasteiger partial charge in [0.15, 0.2) is 0 Å². The van der Waals surface area contributed by atoms with Gasteiger partial charge in [-0.3, -0.25) is 4.79 Å². The number of nitrogens with one attached hydrogen (secondary N) is 1. The zero-order chi connectivity index (χ0) is 21.6. The lowest BCUT2D eigenvalue weighted by Gasteiger charge is -2.27. The van der Waals surface area contributed by atoms with Crippen molar-refractivity contribution in [3.05, 3.63) is 59.7 Å². The number of hydrogen-bond donors (Lipinski definition) is 1. The minimum Gasteiger partial charge on any atom is -0.379 e. The second kappa shape index (κ2) is 10.1. The van der Waals surface area contributed by atoms with E-state index in [2.05, 4.69) is 5.32 Å². The van der Waals surface area contributed by atoms with Crippen molar-refractivity contribution in [1.82, 2.24) is 9.62 Å². The fraction of sp³-hybridized carbons (Fsp3) is 0.409. The molecule has 0 saturated carbocycles. The Labute approximate surface area is 178 Å². The lowest BCUT2D eigenvalue weighted by molar-refractivity contribution is -0.121. The van der Waals surface area contributed by atoms with Gasteiger partial charge in [-0.1, -0.05) is 30.3 Å². The van der Waals surface area contributed by atoms with E-state index in [4.69, 9.17) is 4.74 Å². The molecule has 0 unspecified atom stereocenters. The predicted molar refractivity (Wildman–Crippen MR) is 117 cm³/mol. The molecule has 30 heavy (non-hydrogen) atoms. The maximum Gasteiger partial charge on any atom is 0.243 e. The number of morpholine rings is 1. The molecule has 2 aromatic rings. The molecule has 0 atom stereocenters. The average Bonchev–Trinajstić information content (AvgIpc) is 2.77. The largest absolute Gasteiger partial charge is 0.379 e. The van der Waals surface area contributed by atoms with Crippen molar-refractivity contribution >= 4 is 21.6 Å². The van der Waals surface area contributed by atoms with E-state index in [9.17, 15) is 13.2 Å². The number of amides is 1. The highest BCUT2D eigenvalue weighted by atomic mass is 32.2. The molecule has 0 aliphatic carbocycles. The Hall–Kier alpha value is -2.42. The summed E-state index contributed by atoms with van der Waals surface area (Å²) >= 11 is 0. The van der Waals surface area contributed by atoms with Crippen LogP contribution in [0.3, 0.4) is 0 Å². The number of anilines is 1. The number of ether oxygens (including phenoxy) is 1. The van der Waals surface area contributed by atoms with E-state index in [1.807, 2.05) is 43.3 Å². The first kappa shape index (κ1) is 22.3. The van der Waals surface area contributed by atoms with Crippen LogP contribution in [-0.2, 0) is 32.5 Å². The van der Waals surface area contributed by atoms with Gasteiger partial charge in [-0.25, -0.2) is 8.42 Å². The fourth-order valence-corrected chi connectivity index (χ4v) is 4.96. The minimum absolute atomic E-state index is 0.106. The van der Waals surface area contributed by atoms with Crippen molar-refractivity contribution in [2.24, 2.45) is 0 Å². The number of aryl methyl sites for hydroxylation is 1. The summed E-state index contributed by atoms with van der Waals surface area (Å²) in [5.74, 6) is -0.106. The molecule has 0 aromatic heterocycles. The second-order valence-corrected chi connectivity index (χ2v) is 9.37. The highest BCUT2D eigenvalue weighted by Crippen LogP contribution is 2.21. The molecule has 1 amide bonds. The van der Waals surface area contributed by atoms with E-state index in [-0.39, 0.29) is 17.3 Å². The van der Waals surface area contributed by atoms with Gasteiger partial charge in [0, 0.05) is 45.8 Å². The van der Waals surface area contributed by atoms with E-state index < -0.39 is 10.0 Å². The van der Waals surface area contributed by atoms with E-state index in [0.29, 0.717) is 44.7 Å². The normalized spacial score (nSPS) is 15.0. The smallest absolute Gasteiger partial charge is 0.243 e. The zero-order valence-electron chi connectivity index (χ0n) is 17.5. The van der Waals surface area contributed by atoms with Crippen LogP contribution in [0.5, 0.6) is 0 Å². The van der Waals surface area contributed by atoms with Crippen LogP contribution < -0.4 is 10.2 Å². The Kier molecular flexibility index (Phi) is 7.47. The molecule has 1 heterocycles. The SMILES string of the molecule is CN(C)c1ccc(CCC(=O)NCc2ccccc2S(=O)(=O)N2CCOCC2)cc1. The number of rotatable bonds is 8. The Morgan fingerprint density at radius 3 is 2.40 bits per heavy atom. The van der Waals surface area contributed by atoms with Gasteiger partial charge in [-0.2, -0.15) is 4.31 Å². The number of nitrogens with zero attached hydrogens (tertiary/aromatic N) is 2. The Morgan fingerprint density at radius 1 is 1.07 bits per heavy atom. The number of benzene rings is 2.